The van der Waals surface area contributed by atoms with Crippen molar-refractivity contribution in [3.8, 4) is 33.7 Å². The predicted molar refractivity (Wildman–Crippen MR) is 97.5 cm³/mol. The Labute approximate surface area is 141 Å². The van der Waals surface area contributed by atoms with Crippen LogP contribution in [0.4, 0.5) is 0 Å². The van der Waals surface area contributed by atoms with Crippen molar-refractivity contribution in [3.63, 3.8) is 0 Å². The third kappa shape index (κ3) is 2.63. The molecule has 0 aliphatic rings. The van der Waals surface area contributed by atoms with Crippen molar-refractivity contribution in [1.82, 2.24) is 5.16 Å². The Hall–Kier alpha value is -3.13. The lowest BCUT2D eigenvalue weighted by Crippen LogP contribution is -1.85. The Morgan fingerprint density at radius 2 is 1.21 bits per heavy atom. The number of hydrogen-bond acceptors (Lipinski definition) is 2. The van der Waals surface area contributed by atoms with Gasteiger partial charge in [-0.3, -0.25) is 0 Å². The lowest BCUT2D eigenvalue weighted by Gasteiger charge is -2.06. The molecule has 1 heterocycles. The van der Waals surface area contributed by atoms with Gasteiger partial charge >= 0.3 is 0 Å². The van der Waals surface area contributed by atoms with E-state index in [9.17, 15) is 0 Å². The normalized spacial score (nSPS) is 10.7. The quantitative estimate of drug-likeness (QED) is 0.465. The number of aryl methyl sites for hydroxylation is 1. The van der Waals surface area contributed by atoms with Gasteiger partial charge in [-0.05, 0) is 12.5 Å². The van der Waals surface area contributed by atoms with Crippen LogP contribution in [0.1, 0.15) is 5.56 Å². The van der Waals surface area contributed by atoms with Crippen molar-refractivity contribution < 1.29 is 4.52 Å². The second-order valence-electron chi connectivity index (χ2n) is 5.83. The van der Waals surface area contributed by atoms with E-state index in [1.54, 1.807) is 0 Å². The van der Waals surface area contributed by atoms with Crippen LogP contribution < -0.4 is 0 Å². The molecule has 0 saturated carbocycles. The summed E-state index contributed by atoms with van der Waals surface area (Å²) in [5.41, 5.74) is 6.34. The zero-order valence-corrected chi connectivity index (χ0v) is 13.4. The fourth-order valence-electron chi connectivity index (χ4n) is 2.86. The molecule has 0 aliphatic carbocycles. The van der Waals surface area contributed by atoms with E-state index in [1.165, 1.54) is 5.56 Å². The Morgan fingerprint density at radius 3 is 1.83 bits per heavy atom. The fraction of sp³-hybridized carbons (Fsp3) is 0.0455. The highest BCUT2D eigenvalue weighted by Gasteiger charge is 2.20. The van der Waals surface area contributed by atoms with E-state index in [0.29, 0.717) is 0 Å². The molecule has 116 valence electrons. The minimum atomic E-state index is 0.804. The molecule has 0 radical (unpaired) electrons. The summed E-state index contributed by atoms with van der Waals surface area (Å²) < 4.78 is 5.77. The van der Waals surface area contributed by atoms with Gasteiger partial charge in [-0.2, -0.15) is 0 Å². The van der Waals surface area contributed by atoms with Crippen LogP contribution in [0.2, 0.25) is 0 Å². The summed E-state index contributed by atoms with van der Waals surface area (Å²) in [6.45, 7) is 2.09. The largest absolute Gasteiger partial charge is 0.355 e. The van der Waals surface area contributed by atoms with E-state index >= 15 is 0 Å². The second-order valence-corrected chi connectivity index (χ2v) is 5.83. The van der Waals surface area contributed by atoms with Crippen molar-refractivity contribution >= 4 is 0 Å². The van der Waals surface area contributed by atoms with E-state index < -0.39 is 0 Å². The van der Waals surface area contributed by atoms with E-state index in [0.717, 1.165) is 33.7 Å². The first-order chi connectivity index (χ1) is 11.8. The highest BCUT2D eigenvalue weighted by molar-refractivity contribution is 5.90. The van der Waals surface area contributed by atoms with Gasteiger partial charge in [0, 0.05) is 11.1 Å². The first kappa shape index (κ1) is 14.5. The lowest BCUT2D eigenvalue weighted by atomic mass is 9.96. The first-order valence-electron chi connectivity index (χ1n) is 8.00. The van der Waals surface area contributed by atoms with Crippen LogP contribution in [-0.4, -0.2) is 5.16 Å². The Balaban J connectivity index is 1.96. The van der Waals surface area contributed by atoms with Crippen LogP contribution >= 0.6 is 0 Å². The average molecular weight is 311 g/mol. The third-order valence-electron chi connectivity index (χ3n) is 4.12. The SMILES string of the molecule is Cc1ccc(-c2c(-c3ccccc3)noc2-c2ccccc2)cc1. The maximum absolute atomic E-state index is 5.77. The van der Waals surface area contributed by atoms with Crippen LogP contribution in [-0.2, 0) is 0 Å². The molecule has 0 saturated heterocycles. The van der Waals surface area contributed by atoms with Crippen LogP contribution in [0.25, 0.3) is 33.7 Å². The van der Waals surface area contributed by atoms with E-state index in [4.69, 9.17) is 4.52 Å². The molecule has 0 amide bonds. The fourth-order valence-corrected chi connectivity index (χ4v) is 2.86. The average Bonchev–Trinajstić information content (AvgIpc) is 3.09. The van der Waals surface area contributed by atoms with Crippen molar-refractivity contribution in [3.05, 3.63) is 90.5 Å². The molecule has 2 nitrogen and oxygen atoms in total. The molecule has 3 aromatic carbocycles. The lowest BCUT2D eigenvalue weighted by molar-refractivity contribution is 0.435. The van der Waals surface area contributed by atoms with Crippen LogP contribution in [0.15, 0.2) is 89.5 Å². The van der Waals surface area contributed by atoms with Gasteiger partial charge in [0.15, 0.2) is 5.76 Å². The summed E-state index contributed by atoms with van der Waals surface area (Å²) in [5.74, 6) is 0.804. The summed E-state index contributed by atoms with van der Waals surface area (Å²) in [6, 6.07) is 28.8. The van der Waals surface area contributed by atoms with Gasteiger partial charge in [0.05, 0.1) is 5.56 Å². The number of benzene rings is 3. The van der Waals surface area contributed by atoms with Crippen molar-refractivity contribution in [2.24, 2.45) is 0 Å². The molecule has 2 heteroatoms. The van der Waals surface area contributed by atoms with Crippen LogP contribution in [0, 0.1) is 6.92 Å². The Morgan fingerprint density at radius 1 is 0.625 bits per heavy atom. The monoisotopic (exact) mass is 311 g/mol. The molecule has 0 unspecified atom stereocenters. The third-order valence-corrected chi connectivity index (χ3v) is 4.12. The zero-order chi connectivity index (χ0) is 16.4. The summed E-state index contributed by atoms with van der Waals surface area (Å²) in [4.78, 5) is 0. The summed E-state index contributed by atoms with van der Waals surface area (Å²) in [6.07, 6.45) is 0. The maximum Gasteiger partial charge on any atom is 0.175 e. The number of nitrogens with zero attached hydrogens (tertiary/aromatic N) is 1. The van der Waals surface area contributed by atoms with Gasteiger partial charge in [0.2, 0.25) is 0 Å². The molecule has 0 atom stereocenters. The predicted octanol–water partition coefficient (Wildman–Crippen LogP) is 5.98. The molecule has 0 fully saturated rings. The number of hydrogen-bond donors (Lipinski definition) is 0. The van der Waals surface area contributed by atoms with Gasteiger partial charge in [-0.25, -0.2) is 0 Å². The smallest absolute Gasteiger partial charge is 0.175 e. The second kappa shape index (κ2) is 6.17. The van der Waals surface area contributed by atoms with E-state index in [1.807, 2.05) is 48.5 Å². The maximum atomic E-state index is 5.77. The van der Waals surface area contributed by atoms with Gasteiger partial charge in [-0.1, -0.05) is 95.6 Å². The molecular weight excluding hydrogens is 294 g/mol. The minimum Gasteiger partial charge on any atom is -0.355 e. The first-order valence-corrected chi connectivity index (χ1v) is 8.00. The zero-order valence-electron chi connectivity index (χ0n) is 13.4. The molecule has 4 aromatic rings. The highest BCUT2D eigenvalue weighted by atomic mass is 16.5. The highest BCUT2D eigenvalue weighted by Crippen LogP contribution is 2.39. The van der Waals surface area contributed by atoms with E-state index in [2.05, 4.69) is 48.5 Å². The molecule has 0 bridgehead atoms. The number of rotatable bonds is 3. The molecule has 24 heavy (non-hydrogen) atoms. The molecule has 1 aromatic heterocycles. The molecule has 0 spiro atoms. The minimum absolute atomic E-state index is 0.804. The standard InChI is InChI=1S/C22H17NO/c1-16-12-14-17(15-13-16)20-21(18-8-4-2-5-9-18)23-24-22(20)19-10-6-3-7-11-19/h2-15H,1H3. The topological polar surface area (TPSA) is 26.0 Å². The molecule has 0 aliphatic heterocycles. The van der Waals surface area contributed by atoms with Gasteiger partial charge in [0.1, 0.15) is 5.69 Å². The van der Waals surface area contributed by atoms with Crippen molar-refractivity contribution in [1.29, 1.82) is 0 Å². The van der Waals surface area contributed by atoms with Crippen molar-refractivity contribution in [2.75, 3.05) is 0 Å². The van der Waals surface area contributed by atoms with Crippen LogP contribution in [0.5, 0.6) is 0 Å². The summed E-state index contributed by atoms with van der Waals surface area (Å²) in [5, 5.41) is 4.39. The molecular formula is C22H17NO. The van der Waals surface area contributed by atoms with E-state index in [-0.39, 0.29) is 0 Å². The van der Waals surface area contributed by atoms with Gasteiger partial charge in [0.25, 0.3) is 0 Å². The van der Waals surface area contributed by atoms with Gasteiger partial charge < -0.3 is 4.52 Å². The van der Waals surface area contributed by atoms with Crippen molar-refractivity contribution in [2.45, 2.75) is 6.92 Å². The Kier molecular flexibility index (Phi) is 3.72. The van der Waals surface area contributed by atoms with Gasteiger partial charge in [-0.15, -0.1) is 0 Å². The van der Waals surface area contributed by atoms with Crippen LogP contribution in [0.3, 0.4) is 0 Å². The Bertz CT molecular complexity index is 881. The summed E-state index contributed by atoms with van der Waals surface area (Å²) in [7, 11) is 0. The molecule has 4 rings (SSSR count). The summed E-state index contributed by atoms with van der Waals surface area (Å²) >= 11 is 0. The number of aromatic nitrogens is 1. The molecule has 0 N–H and O–H groups in total.